The number of nitrogens with one attached hydrogen (secondary N) is 1. The van der Waals surface area contributed by atoms with E-state index in [1.165, 1.54) is 12.1 Å². The summed E-state index contributed by atoms with van der Waals surface area (Å²) in [5, 5.41) is 9.06. The van der Waals surface area contributed by atoms with Crippen molar-refractivity contribution in [1.82, 2.24) is 4.72 Å². The Morgan fingerprint density at radius 2 is 2.00 bits per heavy atom. The predicted molar refractivity (Wildman–Crippen MR) is 67.1 cm³/mol. The molecule has 0 heterocycles. The first kappa shape index (κ1) is 14.0. The van der Waals surface area contributed by atoms with Crippen LogP contribution in [-0.4, -0.2) is 25.7 Å². The van der Waals surface area contributed by atoms with Gasteiger partial charge in [-0.25, -0.2) is 13.1 Å². The predicted octanol–water partition coefficient (Wildman–Crippen LogP) is 0.626. The zero-order valence-corrected chi connectivity index (χ0v) is 11.0. The van der Waals surface area contributed by atoms with Crippen LogP contribution < -0.4 is 10.5 Å². The first-order chi connectivity index (χ1) is 7.68. The van der Waals surface area contributed by atoms with Crippen LogP contribution in [0.1, 0.15) is 19.4 Å². The molecule has 0 aliphatic carbocycles. The summed E-state index contributed by atoms with van der Waals surface area (Å²) in [5.74, 6) is 0. The highest BCUT2D eigenvalue weighted by atomic mass is 32.2. The Hall–Kier alpha value is -1.11. The molecule has 0 amide bonds. The van der Waals surface area contributed by atoms with E-state index in [4.69, 9.17) is 10.8 Å². The second-order valence-electron chi connectivity index (χ2n) is 4.67. The number of hydrogen-bond acceptors (Lipinski definition) is 4. The van der Waals surface area contributed by atoms with Gasteiger partial charge in [-0.1, -0.05) is 0 Å². The van der Waals surface area contributed by atoms with Crippen LogP contribution in [0.4, 0.5) is 5.69 Å². The summed E-state index contributed by atoms with van der Waals surface area (Å²) in [5.41, 5.74) is 5.99. The van der Waals surface area contributed by atoms with Gasteiger partial charge in [0.25, 0.3) is 0 Å². The van der Waals surface area contributed by atoms with Gasteiger partial charge < -0.3 is 10.8 Å². The van der Waals surface area contributed by atoms with Gasteiger partial charge in [0, 0.05) is 5.69 Å². The van der Waals surface area contributed by atoms with Crippen molar-refractivity contribution in [3.05, 3.63) is 23.8 Å². The van der Waals surface area contributed by atoms with Crippen LogP contribution in [0.15, 0.2) is 23.1 Å². The number of benzene rings is 1. The summed E-state index contributed by atoms with van der Waals surface area (Å²) >= 11 is 0. The normalized spacial score (nSPS) is 12.7. The summed E-state index contributed by atoms with van der Waals surface area (Å²) in [6.45, 7) is 4.68. The first-order valence-corrected chi connectivity index (χ1v) is 6.67. The minimum Gasteiger partial charge on any atom is -0.399 e. The SMILES string of the molecule is Cc1cc(S(=O)(=O)NC(C)(C)CO)ccc1N. The molecule has 0 saturated carbocycles. The maximum absolute atomic E-state index is 12.0. The van der Waals surface area contributed by atoms with E-state index < -0.39 is 15.6 Å². The standard InChI is InChI=1S/C11H18N2O3S/c1-8-6-9(4-5-10(8)12)17(15,16)13-11(2,3)7-14/h4-6,13-14H,7,12H2,1-3H3. The fraction of sp³-hybridized carbons (Fsp3) is 0.455. The number of nitrogen functional groups attached to an aromatic ring is 1. The van der Waals surface area contributed by atoms with Crippen molar-refractivity contribution in [2.24, 2.45) is 0 Å². The molecule has 17 heavy (non-hydrogen) atoms. The Kier molecular flexibility index (Phi) is 3.81. The summed E-state index contributed by atoms with van der Waals surface area (Å²) < 4.78 is 26.4. The van der Waals surface area contributed by atoms with Crippen LogP contribution in [0.2, 0.25) is 0 Å². The van der Waals surface area contributed by atoms with Crippen molar-refractivity contribution in [3.63, 3.8) is 0 Å². The molecule has 1 aromatic carbocycles. The van der Waals surface area contributed by atoms with Crippen molar-refractivity contribution in [3.8, 4) is 0 Å². The van der Waals surface area contributed by atoms with Gasteiger partial charge in [-0.15, -0.1) is 0 Å². The van der Waals surface area contributed by atoms with Crippen LogP contribution in [0.5, 0.6) is 0 Å². The molecule has 0 bridgehead atoms. The van der Waals surface area contributed by atoms with E-state index in [0.29, 0.717) is 11.3 Å². The summed E-state index contributed by atoms with van der Waals surface area (Å²) in [7, 11) is -3.63. The molecule has 0 aliphatic heterocycles. The van der Waals surface area contributed by atoms with Gasteiger partial charge in [-0.05, 0) is 44.5 Å². The van der Waals surface area contributed by atoms with Crippen molar-refractivity contribution in [2.45, 2.75) is 31.2 Å². The number of rotatable bonds is 4. The highest BCUT2D eigenvalue weighted by Crippen LogP contribution is 2.18. The molecular weight excluding hydrogens is 240 g/mol. The third kappa shape index (κ3) is 3.42. The molecule has 1 rings (SSSR count). The highest BCUT2D eigenvalue weighted by Gasteiger charge is 2.25. The minimum atomic E-state index is -3.63. The molecule has 5 nitrogen and oxygen atoms in total. The lowest BCUT2D eigenvalue weighted by atomic mass is 10.1. The number of nitrogens with two attached hydrogens (primary N) is 1. The molecule has 0 atom stereocenters. The Bertz CT molecular complexity index is 509. The lowest BCUT2D eigenvalue weighted by molar-refractivity contribution is 0.208. The lowest BCUT2D eigenvalue weighted by Gasteiger charge is -2.23. The Balaban J connectivity index is 3.10. The molecular formula is C11H18N2O3S. The molecule has 6 heteroatoms. The molecule has 96 valence electrons. The summed E-state index contributed by atoms with van der Waals surface area (Å²) in [6.07, 6.45) is 0. The fourth-order valence-electron chi connectivity index (χ4n) is 1.27. The van der Waals surface area contributed by atoms with E-state index in [0.717, 1.165) is 0 Å². The van der Waals surface area contributed by atoms with Crippen LogP contribution in [-0.2, 0) is 10.0 Å². The van der Waals surface area contributed by atoms with E-state index in [1.807, 2.05) is 0 Å². The van der Waals surface area contributed by atoms with Crippen molar-refractivity contribution < 1.29 is 13.5 Å². The largest absolute Gasteiger partial charge is 0.399 e. The van der Waals surface area contributed by atoms with Crippen LogP contribution in [0.3, 0.4) is 0 Å². The zero-order valence-electron chi connectivity index (χ0n) is 10.2. The molecule has 4 N–H and O–H groups in total. The minimum absolute atomic E-state index is 0.144. The Labute approximate surface area is 102 Å². The van der Waals surface area contributed by atoms with E-state index in [9.17, 15) is 8.42 Å². The van der Waals surface area contributed by atoms with E-state index in [2.05, 4.69) is 4.72 Å². The average molecular weight is 258 g/mol. The number of aliphatic hydroxyl groups excluding tert-OH is 1. The molecule has 0 saturated heterocycles. The quantitative estimate of drug-likeness (QED) is 0.690. The van der Waals surface area contributed by atoms with Gasteiger partial charge in [-0.2, -0.15) is 0 Å². The van der Waals surface area contributed by atoms with Crippen molar-refractivity contribution in [2.75, 3.05) is 12.3 Å². The average Bonchev–Trinajstić information content (AvgIpc) is 2.20. The summed E-state index contributed by atoms with van der Waals surface area (Å²) in [6, 6.07) is 4.50. The molecule has 0 aliphatic rings. The van der Waals surface area contributed by atoms with Gasteiger partial charge in [0.2, 0.25) is 10.0 Å². The third-order valence-electron chi connectivity index (χ3n) is 2.36. The molecule has 0 aromatic heterocycles. The van der Waals surface area contributed by atoms with Crippen LogP contribution in [0.25, 0.3) is 0 Å². The van der Waals surface area contributed by atoms with Gasteiger partial charge in [-0.3, -0.25) is 0 Å². The van der Waals surface area contributed by atoms with Crippen LogP contribution >= 0.6 is 0 Å². The van der Waals surface area contributed by atoms with Crippen molar-refractivity contribution >= 4 is 15.7 Å². The smallest absolute Gasteiger partial charge is 0.241 e. The van der Waals surface area contributed by atoms with E-state index >= 15 is 0 Å². The second kappa shape index (κ2) is 4.64. The lowest BCUT2D eigenvalue weighted by Crippen LogP contribution is -2.46. The van der Waals surface area contributed by atoms with Crippen LogP contribution in [0, 0.1) is 6.92 Å². The molecule has 0 radical (unpaired) electrons. The van der Waals surface area contributed by atoms with E-state index in [1.54, 1.807) is 26.8 Å². The maximum Gasteiger partial charge on any atom is 0.241 e. The Morgan fingerprint density at radius 1 is 1.41 bits per heavy atom. The number of aryl methyl sites for hydroxylation is 1. The molecule has 1 aromatic rings. The van der Waals surface area contributed by atoms with Gasteiger partial charge in [0.1, 0.15) is 0 Å². The van der Waals surface area contributed by atoms with Gasteiger partial charge in [0.15, 0.2) is 0 Å². The number of sulfonamides is 1. The topological polar surface area (TPSA) is 92.4 Å². The van der Waals surface area contributed by atoms with Gasteiger partial charge >= 0.3 is 0 Å². The van der Waals surface area contributed by atoms with Crippen molar-refractivity contribution in [1.29, 1.82) is 0 Å². The van der Waals surface area contributed by atoms with Gasteiger partial charge in [0.05, 0.1) is 17.0 Å². The highest BCUT2D eigenvalue weighted by molar-refractivity contribution is 7.89. The maximum atomic E-state index is 12.0. The second-order valence-corrected chi connectivity index (χ2v) is 6.35. The Morgan fingerprint density at radius 3 is 2.47 bits per heavy atom. The molecule has 0 unspecified atom stereocenters. The number of aliphatic hydroxyl groups is 1. The number of anilines is 1. The molecule has 0 fully saturated rings. The first-order valence-electron chi connectivity index (χ1n) is 5.19. The van der Waals surface area contributed by atoms with E-state index in [-0.39, 0.29) is 11.5 Å². The zero-order chi connectivity index (χ0) is 13.3. The molecule has 0 spiro atoms. The monoisotopic (exact) mass is 258 g/mol. The third-order valence-corrected chi connectivity index (χ3v) is 4.05. The fourth-order valence-corrected chi connectivity index (χ4v) is 2.76. The number of hydrogen-bond donors (Lipinski definition) is 3. The summed E-state index contributed by atoms with van der Waals surface area (Å²) in [4.78, 5) is 0.144.